The third-order valence-electron chi connectivity index (χ3n) is 20.0. The van der Waals surface area contributed by atoms with Gasteiger partial charge in [-0.25, -0.2) is 29.9 Å². The summed E-state index contributed by atoms with van der Waals surface area (Å²) in [6.45, 7) is 18.1. The van der Waals surface area contributed by atoms with E-state index in [0.29, 0.717) is 97.3 Å². The highest BCUT2D eigenvalue weighted by Crippen LogP contribution is 2.45. The standard InChI is InChI=1S/C26H30ClN7O3.C26H30ClN7O2.C24H28ClN7O2/c1-14-11-29-19(15(2)22(14)36-3)13-34-24-21(23(27)32-26(28)33-24)18(25(34)35)10-20-30-12-17(31-20)5-4-16-6-8-37-9-7-16;1-14-11-29-19(15(2)22(14)36-3)13-34-24-21(23(27)32-26(28)33-24)18(25(34)35)10-20-30-12-17(31-20)9-8-16-6-4-5-7-16;1-12(2)6-7-15-10-28-18(29-15)8-16-19-21(25)30-24(26)31-22(19)32(23(16)33)11-17-14(4)20(34-5)13(3)9-27-17/h10-12,16H,4-9,13H2,1-3H3,(H,30,31)(H2,28,32,33);10-12,16H,4-9,13H2,1-3H3,(H,30,31)(H2,28,32,33);8-10,12H,6-7,11H2,1-5H3,(H,28,29)(H2,26,30,31)/b2*18-10-;16-8-. The number of H-pyrrole nitrogens is 3. The van der Waals surface area contributed by atoms with Gasteiger partial charge in [0, 0.05) is 101 Å². The molecule has 3 amide bonds. The summed E-state index contributed by atoms with van der Waals surface area (Å²) in [5, 5.41) is 0.350. The Balaban J connectivity index is 0.000000150. The first-order chi connectivity index (χ1) is 51.4. The van der Waals surface area contributed by atoms with Gasteiger partial charge in [-0.3, -0.25) is 44.0 Å². The number of carbonyl (C=O) groups is 3. The normalized spacial score (nSPS) is 16.1. The van der Waals surface area contributed by atoms with Crippen molar-refractivity contribution in [1.82, 2.24) is 74.8 Å². The van der Waals surface area contributed by atoms with Gasteiger partial charge in [0.25, 0.3) is 17.7 Å². The molecule has 4 aliphatic heterocycles. The number of amides is 3. The third-order valence-corrected chi connectivity index (χ3v) is 20.8. The number of rotatable bonds is 21. The molecule has 0 atom stereocenters. The van der Waals surface area contributed by atoms with Crippen molar-refractivity contribution in [2.45, 2.75) is 152 Å². The highest BCUT2D eigenvalue weighted by Gasteiger charge is 2.41. The van der Waals surface area contributed by atoms with E-state index in [1.54, 1.807) is 64.3 Å². The molecule has 13 heterocycles. The number of nitrogen functional groups attached to an aromatic ring is 3. The van der Waals surface area contributed by atoms with Crippen LogP contribution in [-0.2, 0) is 58.0 Å². The molecule has 9 N–H and O–H groups in total. The zero-order valence-electron chi connectivity index (χ0n) is 61.9. The summed E-state index contributed by atoms with van der Waals surface area (Å²) in [4.78, 5) is 108. The van der Waals surface area contributed by atoms with Crippen LogP contribution >= 0.6 is 34.8 Å². The molecule has 0 unspecified atom stereocenters. The fourth-order valence-corrected chi connectivity index (χ4v) is 15.1. The molecule has 5 aliphatic rings. The van der Waals surface area contributed by atoms with Gasteiger partial charge in [-0.1, -0.05) is 74.3 Å². The topological polar surface area (TPSA) is 378 Å². The van der Waals surface area contributed by atoms with Crippen LogP contribution < -0.4 is 46.1 Å². The smallest absolute Gasteiger partial charge is 0.260 e. The zero-order chi connectivity index (χ0) is 76.1. The fourth-order valence-electron chi connectivity index (χ4n) is 14.3. The highest BCUT2D eigenvalue weighted by atomic mass is 35.5. The van der Waals surface area contributed by atoms with Gasteiger partial charge in [-0.15, -0.1) is 0 Å². The van der Waals surface area contributed by atoms with Crippen LogP contribution in [0.5, 0.6) is 17.2 Å². The first-order valence-electron chi connectivity index (χ1n) is 35.7. The number of aromatic nitrogens is 15. The first-order valence-corrected chi connectivity index (χ1v) is 36.8. The molecule has 0 bridgehead atoms. The van der Waals surface area contributed by atoms with Crippen molar-refractivity contribution >= 4 is 123 Å². The number of nitrogens with one attached hydrogen (secondary N) is 3. The average Bonchev–Trinajstić information content (AvgIpc) is 1.62. The van der Waals surface area contributed by atoms with Gasteiger partial charge in [-0.2, -0.15) is 15.0 Å². The van der Waals surface area contributed by atoms with Crippen molar-refractivity contribution in [1.29, 1.82) is 0 Å². The number of methoxy groups -OCH3 is 3. The van der Waals surface area contributed by atoms with Gasteiger partial charge in [0.1, 0.15) is 50.2 Å². The Kier molecular flexibility index (Phi) is 23.6. The number of imidazole rings is 3. The number of pyridine rings is 3. The zero-order valence-corrected chi connectivity index (χ0v) is 64.1. The molecule has 2 fully saturated rings. The SMILES string of the molecule is COc1c(C)cnc(CN2C(=O)/C(=C\c3ncc(CCC(C)C)[nH]3)c3c(Cl)nc(N)nc32)c1C.COc1c(C)cnc(CN2C(=O)/C(=C\c3ncc(CCC4CCCC4)[nH]3)c3c(Cl)nc(N)nc32)c1C.COc1c(C)cnc(CN2C(=O)/C(=C\c3ncc(CCC4CCOCC4)[nH]3)c3c(Cl)nc(N)nc32)c1C. The van der Waals surface area contributed by atoms with Gasteiger partial charge < -0.3 is 51.1 Å². The van der Waals surface area contributed by atoms with E-state index >= 15 is 0 Å². The van der Waals surface area contributed by atoms with E-state index in [1.807, 2.05) is 53.9 Å². The minimum absolute atomic E-state index is 0.00355. The number of anilines is 6. The van der Waals surface area contributed by atoms with E-state index in [2.05, 4.69) is 88.6 Å². The first kappa shape index (κ1) is 76.2. The molecule has 0 radical (unpaired) electrons. The van der Waals surface area contributed by atoms with E-state index in [-0.39, 0.29) is 70.7 Å². The summed E-state index contributed by atoms with van der Waals surface area (Å²) in [5.41, 5.74) is 30.5. The Labute approximate surface area is 635 Å². The Morgan fingerprint density at radius 3 is 1.11 bits per heavy atom. The monoisotopic (exact) mass is 1510 g/mol. The molecule has 560 valence electrons. The molecule has 9 aromatic rings. The highest BCUT2D eigenvalue weighted by molar-refractivity contribution is 6.43. The molecular weight excluding hydrogens is 1430 g/mol. The minimum Gasteiger partial charge on any atom is -0.496 e. The van der Waals surface area contributed by atoms with Gasteiger partial charge >= 0.3 is 0 Å². The van der Waals surface area contributed by atoms with Crippen molar-refractivity contribution in [2.24, 2.45) is 17.8 Å². The molecule has 1 saturated heterocycles. The number of aryl methyl sites for hydroxylation is 6. The van der Waals surface area contributed by atoms with Crippen LogP contribution in [0.1, 0.15) is 173 Å². The van der Waals surface area contributed by atoms with E-state index in [4.69, 9.17) is 71.0 Å². The van der Waals surface area contributed by atoms with Crippen LogP contribution in [0.15, 0.2) is 37.2 Å². The maximum atomic E-state index is 13.7. The summed E-state index contributed by atoms with van der Waals surface area (Å²) in [6, 6.07) is 0. The Morgan fingerprint density at radius 2 is 0.794 bits per heavy atom. The number of aromatic amines is 3. The number of hydrogen-bond donors (Lipinski definition) is 6. The van der Waals surface area contributed by atoms with Crippen molar-refractivity contribution in [3.8, 4) is 17.2 Å². The average molecular weight is 1510 g/mol. The molecular formula is C76H88Cl3N21O7. The summed E-state index contributed by atoms with van der Waals surface area (Å²) < 4.78 is 22.0. The lowest BCUT2D eigenvalue weighted by Crippen LogP contribution is -2.27. The second-order valence-corrected chi connectivity index (χ2v) is 28.9. The van der Waals surface area contributed by atoms with Crippen molar-refractivity contribution in [2.75, 3.05) is 66.4 Å². The summed E-state index contributed by atoms with van der Waals surface area (Å²) >= 11 is 19.4. The molecule has 1 saturated carbocycles. The quantitative estimate of drug-likeness (QED) is 0.0287. The Hall–Kier alpha value is -10.4. The summed E-state index contributed by atoms with van der Waals surface area (Å²) in [6.07, 6.45) is 29.2. The summed E-state index contributed by atoms with van der Waals surface area (Å²) in [7, 11) is 4.85. The maximum absolute atomic E-state index is 13.7. The lowest BCUT2D eigenvalue weighted by Gasteiger charge is -2.21. The second-order valence-electron chi connectivity index (χ2n) is 27.8. The van der Waals surface area contributed by atoms with E-state index in [0.717, 1.165) is 138 Å². The molecule has 1 aliphatic carbocycles. The fraction of sp³-hybridized carbons (Fsp3) is 0.408. The number of carbonyl (C=O) groups excluding carboxylic acids is 3. The third kappa shape index (κ3) is 16.7. The van der Waals surface area contributed by atoms with Gasteiger partial charge in [0.15, 0.2) is 17.5 Å². The molecule has 9 aromatic heterocycles. The van der Waals surface area contributed by atoms with Crippen molar-refractivity contribution in [3.63, 3.8) is 0 Å². The lowest BCUT2D eigenvalue weighted by molar-refractivity contribution is -0.113. The Bertz CT molecular complexity index is 4960. The van der Waals surface area contributed by atoms with Crippen LogP contribution in [0.4, 0.5) is 35.3 Å². The molecule has 28 nitrogen and oxygen atoms in total. The van der Waals surface area contributed by atoms with E-state index in [9.17, 15) is 14.4 Å². The minimum atomic E-state index is -0.280. The van der Waals surface area contributed by atoms with E-state index < -0.39 is 0 Å². The van der Waals surface area contributed by atoms with Gasteiger partial charge in [0.2, 0.25) is 17.8 Å². The number of fused-ring (bicyclic) bond motifs is 3. The summed E-state index contributed by atoms with van der Waals surface area (Å²) in [5.74, 6) is 6.17. The van der Waals surface area contributed by atoms with Crippen LogP contribution in [0.3, 0.4) is 0 Å². The predicted octanol–water partition coefficient (Wildman–Crippen LogP) is 12.7. The number of nitrogens with zero attached hydrogens (tertiary/aromatic N) is 15. The van der Waals surface area contributed by atoms with Crippen molar-refractivity contribution < 1.29 is 33.3 Å². The maximum Gasteiger partial charge on any atom is 0.260 e. The largest absolute Gasteiger partial charge is 0.496 e. The van der Waals surface area contributed by atoms with Gasteiger partial charge in [-0.05, 0) is 129 Å². The van der Waals surface area contributed by atoms with Crippen LogP contribution in [0.25, 0.3) is 34.9 Å². The molecule has 14 rings (SSSR count). The molecule has 0 spiro atoms. The van der Waals surface area contributed by atoms with Crippen LogP contribution in [0, 0.1) is 59.3 Å². The predicted molar refractivity (Wildman–Crippen MR) is 413 cm³/mol. The van der Waals surface area contributed by atoms with Gasteiger partial charge in [0.05, 0.1) is 91.5 Å². The van der Waals surface area contributed by atoms with E-state index in [1.165, 1.54) is 40.4 Å². The number of ether oxygens (including phenoxy) is 4. The molecule has 31 heteroatoms. The number of nitrogens with two attached hydrogens (primary N) is 3. The van der Waals surface area contributed by atoms with Crippen molar-refractivity contribution in [3.05, 3.63) is 154 Å². The lowest BCUT2D eigenvalue weighted by atomic mass is 9.94. The molecule has 0 aromatic carbocycles. The second kappa shape index (κ2) is 33.2. The number of halogens is 3. The molecule has 107 heavy (non-hydrogen) atoms. The van der Waals surface area contributed by atoms with Crippen LogP contribution in [-0.4, -0.2) is 127 Å². The number of hydrogen-bond acceptors (Lipinski definition) is 22. The van der Waals surface area contributed by atoms with Crippen LogP contribution in [0.2, 0.25) is 15.5 Å². The Morgan fingerprint density at radius 1 is 0.477 bits per heavy atom.